The summed E-state index contributed by atoms with van der Waals surface area (Å²) in [6.07, 6.45) is 1.68. The largest absolute Gasteiger partial charge is 0.476 e. The number of hydrogen-bond donors (Lipinski definition) is 1. The number of H-pyrrole nitrogens is 1. The number of thiophene rings is 1. The molecule has 5 rings (SSSR count). The molecule has 0 unspecified atom stereocenters. The van der Waals surface area contributed by atoms with Gasteiger partial charge in [0.25, 0.3) is 5.56 Å². The number of pyridine rings is 1. The van der Waals surface area contributed by atoms with Gasteiger partial charge in [-0.05, 0) is 17.5 Å². The van der Waals surface area contributed by atoms with E-state index in [2.05, 4.69) is 19.9 Å². The first kappa shape index (κ1) is 15.9. The van der Waals surface area contributed by atoms with E-state index in [1.54, 1.807) is 6.20 Å². The molecule has 0 amide bonds. The van der Waals surface area contributed by atoms with Crippen LogP contribution in [-0.2, 0) is 4.74 Å². The normalized spacial score (nSPS) is 18.6. The Morgan fingerprint density at radius 3 is 2.92 bits per heavy atom. The highest BCUT2D eigenvalue weighted by molar-refractivity contribution is 7.17. The molecule has 0 aromatic carbocycles. The average Bonchev–Trinajstić information content (AvgIpc) is 3.05. The van der Waals surface area contributed by atoms with E-state index in [4.69, 9.17) is 9.47 Å². The Morgan fingerprint density at radius 2 is 2.19 bits per heavy atom. The molecule has 3 aromatic heterocycles. The first-order valence-electron chi connectivity index (χ1n) is 8.58. The van der Waals surface area contributed by atoms with Crippen molar-refractivity contribution in [2.24, 2.45) is 5.41 Å². The SMILES string of the molecule is O=c1[nH]c(-c2ccc(OCCN3CC4(COC4)C3)nc2)nc2ccsc12. The molecule has 2 aliphatic heterocycles. The molecular formula is C18H18N4O3S. The van der Waals surface area contributed by atoms with Crippen molar-refractivity contribution in [2.45, 2.75) is 0 Å². The van der Waals surface area contributed by atoms with E-state index < -0.39 is 0 Å². The zero-order valence-electron chi connectivity index (χ0n) is 14.1. The first-order chi connectivity index (χ1) is 12.7. The summed E-state index contributed by atoms with van der Waals surface area (Å²) in [5, 5.41) is 1.86. The monoisotopic (exact) mass is 370 g/mol. The van der Waals surface area contributed by atoms with Gasteiger partial charge in [0.15, 0.2) is 0 Å². The van der Waals surface area contributed by atoms with Crippen molar-refractivity contribution in [3.05, 3.63) is 40.1 Å². The lowest BCUT2D eigenvalue weighted by atomic mass is 9.78. The topological polar surface area (TPSA) is 80.3 Å². The summed E-state index contributed by atoms with van der Waals surface area (Å²) in [6, 6.07) is 5.52. The van der Waals surface area contributed by atoms with Crippen LogP contribution in [0, 0.1) is 5.41 Å². The van der Waals surface area contributed by atoms with Gasteiger partial charge in [0, 0.05) is 42.9 Å². The molecule has 0 aliphatic carbocycles. The second-order valence-electron chi connectivity index (χ2n) is 6.99. The Balaban J connectivity index is 1.20. The fourth-order valence-corrected chi connectivity index (χ4v) is 4.25. The number of fused-ring (bicyclic) bond motifs is 1. The molecule has 0 saturated carbocycles. The van der Waals surface area contributed by atoms with E-state index in [9.17, 15) is 4.79 Å². The van der Waals surface area contributed by atoms with Crippen LogP contribution in [0.1, 0.15) is 0 Å². The number of aromatic nitrogens is 3. The number of nitrogens with one attached hydrogen (secondary N) is 1. The molecule has 134 valence electrons. The Kier molecular flexibility index (Phi) is 3.77. The molecule has 0 radical (unpaired) electrons. The Bertz CT molecular complexity index is 986. The Labute approximate surface area is 153 Å². The number of hydrogen-bond acceptors (Lipinski definition) is 7. The summed E-state index contributed by atoms with van der Waals surface area (Å²) in [7, 11) is 0. The third kappa shape index (κ3) is 2.80. The maximum atomic E-state index is 12.1. The summed E-state index contributed by atoms with van der Waals surface area (Å²) in [6.45, 7) is 5.52. The van der Waals surface area contributed by atoms with Crippen LogP contribution in [0.4, 0.5) is 0 Å². The molecule has 3 aromatic rings. The summed E-state index contributed by atoms with van der Waals surface area (Å²) in [4.78, 5) is 26.1. The lowest BCUT2D eigenvalue weighted by Crippen LogP contribution is -2.66. The van der Waals surface area contributed by atoms with Crippen LogP contribution in [-0.4, -0.2) is 59.3 Å². The van der Waals surface area contributed by atoms with Crippen LogP contribution in [0.3, 0.4) is 0 Å². The van der Waals surface area contributed by atoms with Gasteiger partial charge in [-0.25, -0.2) is 9.97 Å². The number of ether oxygens (including phenoxy) is 2. The van der Waals surface area contributed by atoms with Gasteiger partial charge in [0.2, 0.25) is 5.88 Å². The molecule has 2 fully saturated rings. The maximum Gasteiger partial charge on any atom is 0.269 e. The fraction of sp³-hybridized carbons (Fsp3) is 0.389. The molecule has 26 heavy (non-hydrogen) atoms. The highest BCUT2D eigenvalue weighted by atomic mass is 32.1. The van der Waals surface area contributed by atoms with Crippen LogP contribution in [0.25, 0.3) is 21.6 Å². The second-order valence-corrected chi connectivity index (χ2v) is 7.90. The van der Waals surface area contributed by atoms with Gasteiger partial charge in [-0.3, -0.25) is 9.69 Å². The molecule has 8 heteroatoms. The second kappa shape index (κ2) is 6.15. The minimum atomic E-state index is -0.121. The maximum absolute atomic E-state index is 12.1. The van der Waals surface area contributed by atoms with Gasteiger partial charge in [-0.1, -0.05) is 0 Å². The minimum absolute atomic E-state index is 0.121. The summed E-state index contributed by atoms with van der Waals surface area (Å²) < 4.78 is 11.7. The predicted octanol–water partition coefficient (Wildman–Crippen LogP) is 1.76. The molecule has 1 N–H and O–H groups in total. The van der Waals surface area contributed by atoms with Crippen molar-refractivity contribution in [1.29, 1.82) is 0 Å². The molecule has 2 aliphatic rings. The van der Waals surface area contributed by atoms with E-state index >= 15 is 0 Å². The van der Waals surface area contributed by atoms with Gasteiger partial charge in [-0.2, -0.15) is 0 Å². The highest BCUT2D eigenvalue weighted by Gasteiger charge is 2.48. The van der Waals surface area contributed by atoms with Crippen molar-refractivity contribution < 1.29 is 9.47 Å². The van der Waals surface area contributed by atoms with E-state index in [1.807, 2.05) is 23.6 Å². The molecule has 0 bridgehead atoms. The molecule has 2 saturated heterocycles. The number of rotatable bonds is 5. The Morgan fingerprint density at radius 1 is 1.31 bits per heavy atom. The van der Waals surface area contributed by atoms with Crippen molar-refractivity contribution in [2.75, 3.05) is 39.5 Å². The van der Waals surface area contributed by atoms with E-state index in [0.29, 0.717) is 33.9 Å². The van der Waals surface area contributed by atoms with Crippen molar-refractivity contribution in [3.8, 4) is 17.3 Å². The highest BCUT2D eigenvalue weighted by Crippen LogP contribution is 2.37. The summed E-state index contributed by atoms with van der Waals surface area (Å²) in [5.74, 6) is 1.10. The third-order valence-electron chi connectivity index (χ3n) is 4.92. The van der Waals surface area contributed by atoms with Crippen molar-refractivity contribution in [1.82, 2.24) is 19.9 Å². The standard InChI is InChI=1S/C18H18N4O3S/c23-17-15-13(3-6-26-15)20-16(21-17)12-1-2-14(19-7-12)25-5-4-22-8-18(9-22)10-24-11-18/h1-3,6-7H,4-5,8-11H2,(H,20,21,23). The minimum Gasteiger partial charge on any atom is -0.476 e. The van der Waals surface area contributed by atoms with E-state index in [1.165, 1.54) is 11.3 Å². The summed E-state index contributed by atoms with van der Waals surface area (Å²) >= 11 is 1.39. The van der Waals surface area contributed by atoms with Gasteiger partial charge in [-0.15, -0.1) is 11.3 Å². The van der Waals surface area contributed by atoms with Gasteiger partial charge < -0.3 is 14.5 Å². The number of likely N-dealkylation sites (tertiary alicyclic amines) is 1. The van der Waals surface area contributed by atoms with Crippen molar-refractivity contribution in [3.63, 3.8) is 0 Å². The fourth-order valence-electron chi connectivity index (χ4n) is 3.53. The van der Waals surface area contributed by atoms with Gasteiger partial charge in [0.1, 0.15) is 17.1 Å². The van der Waals surface area contributed by atoms with E-state index in [-0.39, 0.29) is 5.56 Å². The van der Waals surface area contributed by atoms with Crippen LogP contribution in [0.5, 0.6) is 5.88 Å². The quantitative estimate of drug-likeness (QED) is 0.737. The molecule has 0 atom stereocenters. The molecular weight excluding hydrogens is 352 g/mol. The molecule has 7 nitrogen and oxygen atoms in total. The van der Waals surface area contributed by atoms with Gasteiger partial charge >= 0.3 is 0 Å². The van der Waals surface area contributed by atoms with Crippen LogP contribution in [0.2, 0.25) is 0 Å². The van der Waals surface area contributed by atoms with Crippen LogP contribution < -0.4 is 10.3 Å². The zero-order valence-corrected chi connectivity index (χ0v) is 14.9. The lowest BCUT2D eigenvalue weighted by Gasteiger charge is -2.55. The average molecular weight is 370 g/mol. The number of nitrogens with zero attached hydrogens (tertiary/aromatic N) is 3. The predicted molar refractivity (Wildman–Crippen MR) is 98.7 cm³/mol. The smallest absolute Gasteiger partial charge is 0.269 e. The van der Waals surface area contributed by atoms with E-state index in [0.717, 1.165) is 38.4 Å². The molecule has 5 heterocycles. The van der Waals surface area contributed by atoms with Crippen LogP contribution in [0.15, 0.2) is 34.6 Å². The third-order valence-corrected chi connectivity index (χ3v) is 5.82. The zero-order chi connectivity index (χ0) is 17.6. The molecule has 1 spiro atoms. The first-order valence-corrected chi connectivity index (χ1v) is 9.46. The summed E-state index contributed by atoms with van der Waals surface area (Å²) in [5.41, 5.74) is 1.79. The van der Waals surface area contributed by atoms with Crippen molar-refractivity contribution >= 4 is 21.6 Å². The van der Waals surface area contributed by atoms with Crippen LogP contribution >= 0.6 is 11.3 Å². The number of aromatic amines is 1. The van der Waals surface area contributed by atoms with Gasteiger partial charge in [0.05, 0.1) is 18.7 Å². The lowest BCUT2D eigenvalue weighted by molar-refractivity contribution is -0.189. The Hall–Kier alpha value is -2.29.